The molecule has 0 atom stereocenters. The van der Waals surface area contributed by atoms with E-state index in [1.807, 2.05) is 60.0 Å². The molecule has 1 N–H and O–H groups in total. The van der Waals surface area contributed by atoms with E-state index in [1.165, 1.54) is 11.3 Å². The summed E-state index contributed by atoms with van der Waals surface area (Å²) >= 11 is 1.54. The number of thiazole rings is 1. The molecule has 0 bridgehead atoms. The lowest BCUT2D eigenvalue weighted by molar-refractivity contribution is 0.289. The summed E-state index contributed by atoms with van der Waals surface area (Å²) in [6.45, 7) is 5.14. The highest BCUT2D eigenvalue weighted by molar-refractivity contribution is 7.14. The Morgan fingerprint density at radius 3 is 2.62 bits per heavy atom. The first-order valence-corrected chi connectivity index (χ1v) is 9.61. The van der Waals surface area contributed by atoms with Gasteiger partial charge >= 0.3 is 0 Å². The molecule has 0 spiro atoms. The van der Waals surface area contributed by atoms with Crippen molar-refractivity contribution in [3.05, 3.63) is 65.5 Å². The van der Waals surface area contributed by atoms with E-state index >= 15 is 0 Å². The first-order chi connectivity index (χ1) is 12.7. The number of hydrogen-bond acceptors (Lipinski definition) is 5. The van der Waals surface area contributed by atoms with Gasteiger partial charge in [-0.2, -0.15) is 5.10 Å². The fourth-order valence-corrected chi connectivity index (χ4v) is 2.96. The molecule has 0 aliphatic rings. The molecule has 0 saturated heterocycles. The maximum absolute atomic E-state index is 5.72. The number of nitrogens with zero attached hydrogens (tertiary/aromatic N) is 2. The minimum absolute atomic E-state index is 0.653. The molecule has 4 nitrogen and oxygen atoms in total. The van der Waals surface area contributed by atoms with Crippen molar-refractivity contribution in [1.29, 1.82) is 0 Å². The van der Waals surface area contributed by atoms with Gasteiger partial charge in [-0.3, -0.25) is 5.43 Å². The SMILES string of the molecule is CC(C)CCOc1ccc(C=NNc2nc(-c3ccccc3)cs2)cc1. The van der Waals surface area contributed by atoms with Gasteiger partial charge in [0.1, 0.15) is 5.75 Å². The van der Waals surface area contributed by atoms with Crippen LogP contribution in [-0.2, 0) is 0 Å². The molecule has 134 valence electrons. The van der Waals surface area contributed by atoms with Crippen LogP contribution in [0, 0.1) is 5.92 Å². The van der Waals surface area contributed by atoms with Crippen LogP contribution in [0.2, 0.25) is 0 Å². The fourth-order valence-electron chi connectivity index (χ4n) is 2.29. The second-order valence-electron chi connectivity index (χ2n) is 6.37. The van der Waals surface area contributed by atoms with E-state index in [4.69, 9.17) is 4.74 Å². The maximum Gasteiger partial charge on any atom is 0.203 e. The Morgan fingerprint density at radius 1 is 1.12 bits per heavy atom. The third-order valence-electron chi connectivity index (χ3n) is 3.79. The summed E-state index contributed by atoms with van der Waals surface area (Å²) in [5.41, 5.74) is 6.06. The molecule has 26 heavy (non-hydrogen) atoms. The summed E-state index contributed by atoms with van der Waals surface area (Å²) in [7, 11) is 0. The standard InChI is InChI=1S/C21H23N3OS/c1-16(2)12-13-25-19-10-8-17(9-11-19)14-22-24-21-23-20(15-26-21)18-6-4-3-5-7-18/h3-11,14-16H,12-13H2,1-2H3,(H,23,24). The van der Waals surface area contributed by atoms with E-state index in [-0.39, 0.29) is 0 Å². The second-order valence-corrected chi connectivity index (χ2v) is 7.23. The topological polar surface area (TPSA) is 46.5 Å². The predicted molar refractivity (Wildman–Crippen MR) is 110 cm³/mol. The van der Waals surface area contributed by atoms with Crippen molar-refractivity contribution in [2.75, 3.05) is 12.0 Å². The van der Waals surface area contributed by atoms with Crippen molar-refractivity contribution in [1.82, 2.24) is 4.98 Å². The van der Waals surface area contributed by atoms with Crippen molar-refractivity contribution in [3.63, 3.8) is 0 Å². The van der Waals surface area contributed by atoms with Crippen molar-refractivity contribution >= 4 is 22.7 Å². The number of rotatable bonds is 8. The molecular formula is C21H23N3OS. The van der Waals surface area contributed by atoms with E-state index in [9.17, 15) is 0 Å². The molecule has 1 heterocycles. The molecule has 1 aromatic heterocycles. The third kappa shape index (κ3) is 5.43. The highest BCUT2D eigenvalue weighted by Crippen LogP contribution is 2.24. The van der Waals surface area contributed by atoms with Gasteiger partial charge in [-0.15, -0.1) is 11.3 Å². The number of benzene rings is 2. The first kappa shape index (κ1) is 18.1. The van der Waals surface area contributed by atoms with Crippen LogP contribution in [0.25, 0.3) is 11.3 Å². The monoisotopic (exact) mass is 365 g/mol. The molecular weight excluding hydrogens is 342 g/mol. The van der Waals surface area contributed by atoms with Crippen LogP contribution >= 0.6 is 11.3 Å². The number of ether oxygens (including phenoxy) is 1. The van der Waals surface area contributed by atoms with Crippen molar-refractivity contribution in [3.8, 4) is 17.0 Å². The van der Waals surface area contributed by atoms with E-state index < -0.39 is 0 Å². The zero-order valence-electron chi connectivity index (χ0n) is 15.1. The molecule has 2 aromatic carbocycles. The van der Waals surface area contributed by atoms with Gasteiger partial charge in [-0.1, -0.05) is 44.2 Å². The van der Waals surface area contributed by atoms with Gasteiger partial charge in [-0.05, 0) is 42.2 Å². The number of hydrazone groups is 1. The Hall–Kier alpha value is -2.66. The average Bonchev–Trinajstić information content (AvgIpc) is 3.12. The molecule has 0 saturated carbocycles. The van der Waals surface area contributed by atoms with Crippen LogP contribution < -0.4 is 10.2 Å². The van der Waals surface area contributed by atoms with E-state index in [2.05, 4.69) is 29.4 Å². The highest BCUT2D eigenvalue weighted by Gasteiger charge is 2.02. The summed E-state index contributed by atoms with van der Waals surface area (Å²) in [5.74, 6) is 1.55. The van der Waals surface area contributed by atoms with Gasteiger partial charge < -0.3 is 4.74 Å². The lowest BCUT2D eigenvalue weighted by atomic mass is 10.1. The van der Waals surface area contributed by atoms with E-state index in [0.29, 0.717) is 5.92 Å². The van der Waals surface area contributed by atoms with E-state index in [0.717, 1.165) is 40.7 Å². The Bertz CT molecular complexity index is 826. The van der Waals surface area contributed by atoms with Crippen LogP contribution in [0.3, 0.4) is 0 Å². The second kappa shape index (κ2) is 9.15. The highest BCUT2D eigenvalue weighted by atomic mass is 32.1. The lowest BCUT2D eigenvalue weighted by Gasteiger charge is -2.07. The molecule has 0 radical (unpaired) electrons. The van der Waals surface area contributed by atoms with Crippen LogP contribution in [0.4, 0.5) is 5.13 Å². The smallest absolute Gasteiger partial charge is 0.203 e. The summed E-state index contributed by atoms with van der Waals surface area (Å²) in [6.07, 6.45) is 2.84. The Labute approximate surface area is 158 Å². The summed E-state index contributed by atoms with van der Waals surface area (Å²) < 4.78 is 5.72. The summed E-state index contributed by atoms with van der Waals surface area (Å²) in [5, 5.41) is 7.06. The number of anilines is 1. The Kier molecular flexibility index (Phi) is 6.39. The minimum atomic E-state index is 0.653. The molecule has 0 unspecified atom stereocenters. The largest absolute Gasteiger partial charge is 0.494 e. The van der Waals surface area contributed by atoms with Crippen LogP contribution in [0.15, 0.2) is 65.1 Å². The molecule has 0 aliphatic carbocycles. The molecule has 5 heteroatoms. The third-order valence-corrected chi connectivity index (χ3v) is 4.54. The molecule has 0 amide bonds. The minimum Gasteiger partial charge on any atom is -0.494 e. The lowest BCUT2D eigenvalue weighted by Crippen LogP contribution is -2.01. The van der Waals surface area contributed by atoms with Crippen LogP contribution in [0.5, 0.6) is 5.75 Å². The van der Waals surface area contributed by atoms with Gasteiger partial charge in [0.25, 0.3) is 0 Å². The Balaban J connectivity index is 1.52. The summed E-state index contributed by atoms with van der Waals surface area (Å²) in [6, 6.07) is 18.0. The average molecular weight is 366 g/mol. The Morgan fingerprint density at radius 2 is 1.88 bits per heavy atom. The molecule has 0 aliphatic heterocycles. The number of aromatic nitrogens is 1. The molecule has 0 fully saturated rings. The van der Waals surface area contributed by atoms with Gasteiger partial charge in [0, 0.05) is 10.9 Å². The zero-order valence-corrected chi connectivity index (χ0v) is 15.9. The maximum atomic E-state index is 5.72. The van der Waals surface area contributed by atoms with Crippen LogP contribution in [-0.4, -0.2) is 17.8 Å². The fraction of sp³-hybridized carbons (Fsp3) is 0.238. The van der Waals surface area contributed by atoms with Gasteiger partial charge in [0.15, 0.2) is 0 Å². The quantitative estimate of drug-likeness (QED) is 0.412. The summed E-state index contributed by atoms with van der Waals surface area (Å²) in [4.78, 5) is 4.55. The number of nitrogens with one attached hydrogen (secondary N) is 1. The van der Waals surface area contributed by atoms with Crippen molar-refractivity contribution in [2.24, 2.45) is 11.0 Å². The van der Waals surface area contributed by atoms with Gasteiger partial charge in [0.05, 0.1) is 18.5 Å². The van der Waals surface area contributed by atoms with E-state index in [1.54, 1.807) is 6.21 Å². The van der Waals surface area contributed by atoms with Crippen molar-refractivity contribution < 1.29 is 4.74 Å². The predicted octanol–water partition coefficient (Wildman–Crippen LogP) is 5.68. The van der Waals surface area contributed by atoms with Crippen molar-refractivity contribution in [2.45, 2.75) is 20.3 Å². The molecule has 3 aromatic rings. The first-order valence-electron chi connectivity index (χ1n) is 8.73. The van der Waals surface area contributed by atoms with Gasteiger partial charge in [0.2, 0.25) is 5.13 Å². The zero-order chi connectivity index (χ0) is 18.2. The normalized spacial score (nSPS) is 11.2. The van der Waals surface area contributed by atoms with Crippen LogP contribution in [0.1, 0.15) is 25.8 Å². The molecule has 3 rings (SSSR count). The van der Waals surface area contributed by atoms with Gasteiger partial charge in [-0.25, -0.2) is 4.98 Å². The number of hydrogen-bond donors (Lipinski definition) is 1.